The van der Waals surface area contributed by atoms with Gasteiger partial charge in [0.25, 0.3) is 0 Å². The van der Waals surface area contributed by atoms with E-state index in [2.05, 4.69) is 239 Å². The summed E-state index contributed by atoms with van der Waals surface area (Å²) in [5.74, 6) is 0. The van der Waals surface area contributed by atoms with Gasteiger partial charge in [0.1, 0.15) is 0 Å². The van der Waals surface area contributed by atoms with E-state index in [1.165, 1.54) is 52.8 Å². The number of para-hydroxylation sites is 1. The molecule has 3 aliphatic rings. The monoisotopic (exact) mass is 925 g/mol. The minimum atomic E-state index is 0.0572. The Balaban J connectivity index is 1.03. The van der Waals surface area contributed by atoms with Crippen LogP contribution >= 0.6 is 23.5 Å². The number of anilines is 5. The summed E-state index contributed by atoms with van der Waals surface area (Å²) in [5.41, 5.74) is 17.8. The maximum absolute atomic E-state index is 10.9. The molecule has 0 aromatic heterocycles. The lowest BCUT2D eigenvalue weighted by Crippen LogP contribution is -2.58. The van der Waals surface area contributed by atoms with Gasteiger partial charge in [-0.2, -0.15) is 5.26 Å². The number of hydrogen-bond donors (Lipinski definition) is 0. The molecule has 0 unspecified atom stereocenters. The molecular formula is C63H52BN3S2. The van der Waals surface area contributed by atoms with Gasteiger partial charge in [0.2, 0.25) is 6.71 Å². The molecule has 11 rings (SSSR count). The summed E-state index contributed by atoms with van der Waals surface area (Å²) in [7, 11) is 0. The largest absolute Gasteiger partial charge is 0.314 e. The molecule has 0 saturated heterocycles. The maximum atomic E-state index is 10.9. The topological polar surface area (TPSA) is 30.3 Å². The molecule has 6 heteroatoms. The standard InChI is InChI=1S/C63H52BN3S2/c1-62(2,3)45-26-30-49(31-27-45)66(50-32-28-46(29-33-50)63(4,5)6)51-34-36-55-60(39-51)69-58-24-16-23-57-61(58)64(55)54-35-25-43(38-59(54)68-57)52-40-56(53(37-44(52)41-65)42-17-10-7-11-18-42)67(47-19-12-8-13-20-47)48-21-14-9-15-22-48/h7-10,12-14,16-17,19-21,23-40H,15,22H2,1-6H3. The van der Waals surface area contributed by atoms with Crippen LogP contribution in [0.5, 0.6) is 0 Å². The van der Waals surface area contributed by atoms with Crippen LogP contribution in [-0.2, 0) is 10.8 Å². The summed E-state index contributed by atoms with van der Waals surface area (Å²) in [6, 6.07) is 68.9. The van der Waals surface area contributed by atoms with Gasteiger partial charge in [-0.3, -0.25) is 0 Å². The van der Waals surface area contributed by atoms with E-state index in [4.69, 9.17) is 0 Å². The van der Waals surface area contributed by atoms with E-state index in [0.717, 1.165) is 63.5 Å². The van der Waals surface area contributed by atoms with Crippen LogP contribution in [-0.4, -0.2) is 6.71 Å². The zero-order chi connectivity index (χ0) is 47.4. The normalized spacial score (nSPS) is 13.6. The Bertz CT molecular complexity index is 3300. The van der Waals surface area contributed by atoms with Crippen molar-refractivity contribution in [2.45, 2.75) is 84.8 Å². The third kappa shape index (κ3) is 8.37. The van der Waals surface area contributed by atoms with Crippen LogP contribution in [0.4, 0.5) is 28.4 Å². The fraction of sp³-hybridized carbons (Fsp3) is 0.159. The summed E-state index contributed by atoms with van der Waals surface area (Å²) >= 11 is 3.73. The number of hydrogen-bond acceptors (Lipinski definition) is 5. The van der Waals surface area contributed by atoms with Crippen LogP contribution in [0.3, 0.4) is 0 Å². The number of nitriles is 1. The predicted octanol–water partition coefficient (Wildman–Crippen LogP) is 15.4. The smallest absolute Gasteiger partial charge is 0.247 e. The first-order chi connectivity index (χ1) is 33.4. The highest BCUT2D eigenvalue weighted by Crippen LogP contribution is 2.46. The number of allylic oxidation sites excluding steroid dienone is 4. The van der Waals surface area contributed by atoms with E-state index in [0.29, 0.717) is 5.56 Å². The summed E-state index contributed by atoms with van der Waals surface area (Å²) < 4.78 is 0. The first-order valence-electron chi connectivity index (χ1n) is 23.9. The van der Waals surface area contributed by atoms with Crippen molar-refractivity contribution in [1.82, 2.24) is 0 Å². The molecule has 0 amide bonds. The zero-order valence-corrected chi connectivity index (χ0v) is 41.6. The highest BCUT2D eigenvalue weighted by Gasteiger charge is 2.38. The quantitative estimate of drug-likeness (QED) is 0.142. The van der Waals surface area contributed by atoms with Gasteiger partial charge >= 0.3 is 0 Å². The molecule has 2 aliphatic heterocycles. The second-order valence-corrected chi connectivity index (χ2v) is 22.4. The van der Waals surface area contributed by atoms with Gasteiger partial charge in [0.05, 0.1) is 17.3 Å². The Morgan fingerprint density at radius 2 is 1.20 bits per heavy atom. The average molecular weight is 926 g/mol. The van der Waals surface area contributed by atoms with Crippen molar-refractivity contribution in [3.05, 3.63) is 217 Å². The first-order valence-corrected chi connectivity index (χ1v) is 25.5. The van der Waals surface area contributed by atoms with Crippen LogP contribution < -0.4 is 26.2 Å². The van der Waals surface area contributed by atoms with Gasteiger partial charge in [-0.15, -0.1) is 0 Å². The Morgan fingerprint density at radius 1 is 0.580 bits per heavy atom. The highest BCUT2D eigenvalue weighted by atomic mass is 32.2. The molecule has 334 valence electrons. The minimum Gasteiger partial charge on any atom is -0.314 e. The van der Waals surface area contributed by atoms with Crippen LogP contribution in [0.2, 0.25) is 0 Å². The Hall–Kier alpha value is -7.09. The van der Waals surface area contributed by atoms with Gasteiger partial charge in [-0.1, -0.05) is 173 Å². The third-order valence-electron chi connectivity index (χ3n) is 13.7. The van der Waals surface area contributed by atoms with Gasteiger partial charge in [0, 0.05) is 64.7 Å². The number of fused-ring (bicyclic) bond motifs is 4. The average Bonchev–Trinajstić information content (AvgIpc) is 3.37. The van der Waals surface area contributed by atoms with Crippen molar-refractivity contribution in [1.29, 1.82) is 5.26 Å². The fourth-order valence-electron chi connectivity index (χ4n) is 10.0. The SMILES string of the molecule is CC(C)(C)c1ccc(N(c2ccc(C(C)(C)C)cc2)c2ccc3c(c2)Sc2cccc4c2B3c2ccc(-c3cc(N(C5=CC=CCC5)c5ccccc5)c(-c5c#cccc5)cc3C#N)cc2S4)cc1. The van der Waals surface area contributed by atoms with Crippen LogP contribution in [0.25, 0.3) is 22.3 Å². The third-order valence-corrected chi connectivity index (χ3v) is 16.0. The zero-order valence-electron chi connectivity index (χ0n) is 40.0. The second-order valence-electron chi connectivity index (χ2n) is 20.2. The molecular weight excluding hydrogens is 874 g/mol. The molecule has 0 radical (unpaired) electrons. The number of nitrogens with zero attached hydrogens (tertiary/aromatic N) is 3. The van der Waals surface area contributed by atoms with E-state index in [-0.39, 0.29) is 17.5 Å². The van der Waals surface area contributed by atoms with Gasteiger partial charge in [0.15, 0.2) is 0 Å². The lowest BCUT2D eigenvalue weighted by Gasteiger charge is -2.34. The van der Waals surface area contributed by atoms with Gasteiger partial charge in [-0.05, 0) is 143 Å². The van der Waals surface area contributed by atoms with E-state index in [1.807, 2.05) is 35.7 Å². The van der Waals surface area contributed by atoms with Crippen molar-refractivity contribution in [3.63, 3.8) is 0 Å². The molecule has 3 nitrogen and oxygen atoms in total. The molecule has 0 atom stereocenters. The van der Waals surface area contributed by atoms with E-state index >= 15 is 0 Å². The lowest BCUT2D eigenvalue weighted by atomic mass is 9.36. The van der Waals surface area contributed by atoms with Crippen molar-refractivity contribution >= 4 is 75.1 Å². The summed E-state index contributed by atoms with van der Waals surface area (Å²) in [6.07, 6.45) is 8.46. The molecule has 0 bridgehead atoms. The highest BCUT2D eigenvalue weighted by molar-refractivity contribution is 8.01. The Labute approximate surface area is 417 Å². The number of benzene rings is 7. The summed E-state index contributed by atoms with van der Waals surface area (Å²) in [6.45, 7) is 13.7. The van der Waals surface area contributed by atoms with Crippen LogP contribution in [0.1, 0.15) is 71.1 Å². The molecule has 1 aliphatic carbocycles. The Morgan fingerprint density at radius 3 is 1.80 bits per heavy atom. The minimum absolute atomic E-state index is 0.0572. The van der Waals surface area contributed by atoms with Crippen molar-refractivity contribution in [3.8, 4) is 28.3 Å². The maximum Gasteiger partial charge on any atom is 0.247 e. The molecule has 8 aromatic carbocycles. The first kappa shape index (κ1) is 44.4. The van der Waals surface area contributed by atoms with E-state index in [1.54, 1.807) is 0 Å². The summed E-state index contributed by atoms with van der Waals surface area (Å²) in [5, 5.41) is 10.9. The van der Waals surface area contributed by atoms with Crippen molar-refractivity contribution in [2.24, 2.45) is 0 Å². The summed E-state index contributed by atoms with van der Waals surface area (Å²) in [4.78, 5) is 9.83. The molecule has 0 fully saturated rings. The molecule has 0 saturated carbocycles. The predicted molar refractivity (Wildman–Crippen MR) is 293 cm³/mol. The fourth-order valence-corrected chi connectivity index (χ4v) is 12.5. The van der Waals surface area contributed by atoms with Crippen LogP contribution in [0, 0.1) is 23.5 Å². The lowest BCUT2D eigenvalue weighted by molar-refractivity contribution is 0.590. The van der Waals surface area contributed by atoms with Gasteiger partial charge < -0.3 is 9.80 Å². The van der Waals surface area contributed by atoms with E-state index < -0.39 is 0 Å². The molecule has 2 heterocycles. The second kappa shape index (κ2) is 17.8. The molecule has 0 spiro atoms. The number of rotatable bonds is 8. The molecule has 0 N–H and O–H groups in total. The van der Waals surface area contributed by atoms with Crippen LogP contribution in [0.15, 0.2) is 207 Å². The van der Waals surface area contributed by atoms with Gasteiger partial charge in [-0.25, -0.2) is 0 Å². The van der Waals surface area contributed by atoms with Crippen molar-refractivity contribution in [2.75, 3.05) is 9.80 Å². The molecule has 8 aromatic rings. The molecule has 69 heavy (non-hydrogen) atoms. The van der Waals surface area contributed by atoms with E-state index in [9.17, 15) is 5.26 Å². The Kier molecular flexibility index (Phi) is 11.4. The van der Waals surface area contributed by atoms with Crippen molar-refractivity contribution < 1.29 is 0 Å².